The fraction of sp³-hybridized carbons (Fsp3) is 0. The summed E-state index contributed by atoms with van der Waals surface area (Å²) >= 11 is 0. The third-order valence-electron chi connectivity index (χ3n) is 3.16. The van der Waals surface area contributed by atoms with Crippen LogP contribution in [0.2, 0.25) is 0 Å². The number of carbonyl (C=O) groups is 2. The van der Waals surface area contributed by atoms with Gasteiger partial charge in [0.2, 0.25) is 0 Å². The van der Waals surface area contributed by atoms with E-state index in [1.807, 2.05) is 30.3 Å². The SMILES string of the molecule is O=C(NNC(=O)c1cn[nH]c1-c1ccccc1)c1cccnc1. The Bertz CT molecular complexity index is 815. The van der Waals surface area contributed by atoms with Gasteiger partial charge in [0.05, 0.1) is 23.0 Å². The summed E-state index contributed by atoms with van der Waals surface area (Å²) < 4.78 is 0. The zero-order chi connectivity index (χ0) is 16.1. The Labute approximate surface area is 131 Å². The van der Waals surface area contributed by atoms with Crippen LogP contribution < -0.4 is 10.9 Å². The van der Waals surface area contributed by atoms with Crippen LogP contribution in [0.4, 0.5) is 0 Å². The van der Waals surface area contributed by atoms with Crippen LogP contribution in [0.25, 0.3) is 11.3 Å². The number of hydrazine groups is 1. The Hall–Kier alpha value is -3.48. The van der Waals surface area contributed by atoms with Gasteiger partial charge in [-0.15, -0.1) is 0 Å². The number of carbonyl (C=O) groups excluding carboxylic acids is 2. The van der Waals surface area contributed by atoms with Crippen LogP contribution in [0, 0.1) is 0 Å². The first-order chi connectivity index (χ1) is 11.3. The van der Waals surface area contributed by atoms with E-state index >= 15 is 0 Å². The quantitative estimate of drug-likeness (QED) is 0.639. The lowest BCUT2D eigenvalue weighted by Gasteiger charge is -2.07. The van der Waals surface area contributed by atoms with Gasteiger partial charge in [0.1, 0.15) is 0 Å². The van der Waals surface area contributed by atoms with Crippen molar-refractivity contribution in [1.82, 2.24) is 26.0 Å². The van der Waals surface area contributed by atoms with Gasteiger partial charge in [-0.1, -0.05) is 30.3 Å². The van der Waals surface area contributed by atoms with E-state index in [0.717, 1.165) is 5.56 Å². The standard InChI is InChI=1S/C16H13N5O2/c22-15(12-7-4-8-17-9-12)20-21-16(23)13-10-18-19-14(13)11-5-2-1-3-6-11/h1-10H,(H,18,19)(H,20,22)(H,21,23). The van der Waals surface area contributed by atoms with Crippen molar-refractivity contribution in [2.75, 3.05) is 0 Å². The minimum absolute atomic E-state index is 0.336. The second kappa shape index (κ2) is 6.52. The Morgan fingerprint density at radius 2 is 1.70 bits per heavy atom. The molecule has 0 fully saturated rings. The van der Waals surface area contributed by atoms with Crippen molar-refractivity contribution in [2.24, 2.45) is 0 Å². The lowest BCUT2D eigenvalue weighted by molar-refractivity contribution is 0.0847. The van der Waals surface area contributed by atoms with Crippen molar-refractivity contribution in [3.63, 3.8) is 0 Å². The Kier molecular flexibility index (Phi) is 4.10. The molecule has 3 aromatic rings. The molecule has 2 heterocycles. The summed E-state index contributed by atoms with van der Waals surface area (Å²) in [6, 6.07) is 12.6. The second-order valence-electron chi connectivity index (χ2n) is 4.67. The maximum Gasteiger partial charge on any atom is 0.273 e. The predicted octanol–water partition coefficient (Wildman–Crippen LogP) is 1.55. The monoisotopic (exact) mass is 307 g/mol. The highest BCUT2D eigenvalue weighted by atomic mass is 16.2. The molecule has 2 aromatic heterocycles. The molecule has 0 aliphatic carbocycles. The minimum atomic E-state index is -0.463. The van der Waals surface area contributed by atoms with E-state index in [1.54, 1.807) is 18.3 Å². The molecule has 7 heteroatoms. The van der Waals surface area contributed by atoms with Crippen LogP contribution in [-0.4, -0.2) is 27.0 Å². The lowest BCUT2D eigenvalue weighted by Crippen LogP contribution is -2.41. The molecular weight excluding hydrogens is 294 g/mol. The van der Waals surface area contributed by atoms with Gasteiger partial charge in [0.15, 0.2) is 0 Å². The molecule has 2 amide bonds. The van der Waals surface area contributed by atoms with Gasteiger partial charge in [-0.3, -0.25) is 30.5 Å². The van der Waals surface area contributed by atoms with Crippen molar-refractivity contribution in [2.45, 2.75) is 0 Å². The molecule has 7 nitrogen and oxygen atoms in total. The molecule has 0 spiro atoms. The number of aromatic nitrogens is 3. The van der Waals surface area contributed by atoms with E-state index in [0.29, 0.717) is 16.8 Å². The minimum Gasteiger partial charge on any atom is -0.277 e. The zero-order valence-electron chi connectivity index (χ0n) is 12.0. The number of rotatable bonds is 3. The van der Waals surface area contributed by atoms with E-state index in [1.165, 1.54) is 12.4 Å². The van der Waals surface area contributed by atoms with Gasteiger partial charge < -0.3 is 0 Å². The fourth-order valence-electron chi connectivity index (χ4n) is 2.03. The first-order valence-electron chi connectivity index (χ1n) is 6.85. The molecule has 3 rings (SSSR count). The van der Waals surface area contributed by atoms with Crippen molar-refractivity contribution >= 4 is 11.8 Å². The van der Waals surface area contributed by atoms with Gasteiger partial charge >= 0.3 is 0 Å². The second-order valence-corrected chi connectivity index (χ2v) is 4.67. The number of nitrogens with zero attached hydrogens (tertiary/aromatic N) is 2. The average Bonchev–Trinajstić information content (AvgIpc) is 3.11. The van der Waals surface area contributed by atoms with Crippen molar-refractivity contribution in [1.29, 1.82) is 0 Å². The molecule has 0 bridgehead atoms. The molecule has 0 aliphatic heterocycles. The van der Waals surface area contributed by atoms with Crippen LogP contribution in [-0.2, 0) is 0 Å². The summed E-state index contributed by atoms with van der Waals surface area (Å²) in [5.74, 6) is -0.911. The molecule has 0 saturated heterocycles. The molecule has 0 saturated carbocycles. The summed E-state index contributed by atoms with van der Waals surface area (Å²) in [5, 5.41) is 6.69. The summed E-state index contributed by atoms with van der Waals surface area (Å²) in [6.07, 6.45) is 4.38. The Morgan fingerprint density at radius 3 is 2.43 bits per heavy atom. The number of nitrogens with one attached hydrogen (secondary N) is 3. The predicted molar refractivity (Wildman–Crippen MR) is 83.2 cm³/mol. The summed E-state index contributed by atoms with van der Waals surface area (Å²) in [5.41, 5.74) is 6.81. The maximum absolute atomic E-state index is 12.2. The van der Waals surface area contributed by atoms with Gasteiger partial charge in [0.25, 0.3) is 11.8 Å². The third kappa shape index (κ3) is 3.24. The first kappa shape index (κ1) is 14.5. The van der Waals surface area contributed by atoms with E-state index < -0.39 is 11.8 Å². The normalized spacial score (nSPS) is 10.1. The number of pyridine rings is 1. The van der Waals surface area contributed by atoms with Gasteiger partial charge in [-0.05, 0) is 12.1 Å². The summed E-state index contributed by atoms with van der Waals surface area (Å²) in [7, 11) is 0. The van der Waals surface area contributed by atoms with E-state index in [-0.39, 0.29) is 0 Å². The number of H-pyrrole nitrogens is 1. The molecular formula is C16H13N5O2. The highest BCUT2D eigenvalue weighted by molar-refractivity contribution is 6.02. The summed E-state index contributed by atoms with van der Waals surface area (Å²) in [6.45, 7) is 0. The molecule has 3 N–H and O–H groups in total. The summed E-state index contributed by atoms with van der Waals surface area (Å²) in [4.78, 5) is 28.0. The van der Waals surface area contributed by atoms with Gasteiger partial charge in [-0.25, -0.2) is 0 Å². The largest absolute Gasteiger partial charge is 0.277 e. The Morgan fingerprint density at radius 1 is 0.913 bits per heavy atom. The van der Waals surface area contributed by atoms with Crippen molar-refractivity contribution in [3.8, 4) is 11.3 Å². The van der Waals surface area contributed by atoms with Crippen LogP contribution in [0.3, 0.4) is 0 Å². The molecule has 0 radical (unpaired) electrons. The molecule has 114 valence electrons. The third-order valence-corrected chi connectivity index (χ3v) is 3.16. The Balaban J connectivity index is 1.70. The molecule has 0 atom stereocenters. The van der Waals surface area contributed by atoms with Crippen LogP contribution in [0.15, 0.2) is 61.1 Å². The number of amides is 2. The van der Waals surface area contributed by atoms with Gasteiger partial charge in [0, 0.05) is 18.0 Å². The fourth-order valence-corrected chi connectivity index (χ4v) is 2.03. The molecule has 23 heavy (non-hydrogen) atoms. The number of hydrogen-bond donors (Lipinski definition) is 3. The zero-order valence-corrected chi connectivity index (χ0v) is 12.0. The van der Waals surface area contributed by atoms with Crippen LogP contribution in [0.1, 0.15) is 20.7 Å². The highest BCUT2D eigenvalue weighted by Gasteiger charge is 2.16. The molecule has 0 aliphatic rings. The smallest absolute Gasteiger partial charge is 0.273 e. The first-order valence-corrected chi connectivity index (χ1v) is 6.85. The highest BCUT2D eigenvalue weighted by Crippen LogP contribution is 2.20. The maximum atomic E-state index is 12.2. The molecule has 0 unspecified atom stereocenters. The molecule has 1 aromatic carbocycles. The number of aromatic amines is 1. The topological polar surface area (TPSA) is 99.8 Å². The van der Waals surface area contributed by atoms with Crippen LogP contribution in [0.5, 0.6) is 0 Å². The average molecular weight is 307 g/mol. The van der Waals surface area contributed by atoms with E-state index in [2.05, 4.69) is 26.0 Å². The van der Waals surface area contributed by atoms with E-state index in [9.17, 15) is 9.59 Å². The number of benzene rings is 1. The number of hydrogen-bond acceptors (Lipinski definition) is 4. The van der Waals surface area contributed by atoms with Crippen molar-refractivity contribution in [3.05, 3.63) is 72.2 Å². The lowest BCUT2D eigenvalue weighted by atomic mass is 10.1. The van der Waals surface area contributed by atoms with Gasteiger partial charge in [-0.2, -0.15) is 5.10 Å². The van der Waals surface area contributed by atoms with E-state index in [4.69, 9.17) is 0 Å². The van der Waals surface area contributed by atoms with Crippen molar-refractivity contribution < 1.29 is 9.59 Å². The van der Waals surface area contributed by atoms with Crippen LogP contribution >= 0.6 is 0 Å².